The van der Waals surface area contributed by atoms with Crippen molar-refractivity contribution in [3.8, 4) is 0 Å². The molecule has 0 radical (unpaired) electrons. The molecule has 0 aromatic heterocycles. The van der Waals surface area contributed by atoms with Crippen molar-refractivity contribution in [2.75, 3.05) is 13.1 Å². The van der Waals surface area contributed by atoms with Crippen LogP contribution < -0.4 is 0 Å². The van der Waals surface area contributed by atoms with E-state index in [1.807, 2.05) is 35.2 Å². The zero-order valence-electron chi connectivity index (χ0n) is 12.2. The summed E-state index contributed by atoms with van der Waals surface area (Å²) in [6.45, 7) is 1.51. The lowest BCUT2D eigenvalue weighted by Gasteiger charge is -2.25. The summed E-state index contributed by atoms with van der Waals surface area (Å²) in [5, 5.41) is 10.2. The van der Waals surface area contributed by atoms with Crippen molar-refractivity contribution in [2.45, 2.75) is 18.4 Å². The number of carbonyl (C=O) groups is 1. The molecular formula is C18H18ClNO2. The summed E-state index contributed by atoms with van der Waals surface area (Å²) in [4.78, 5) is 13.8. The van der Waals surface area contributed by atoms with Crippen LogP contribution in [0.5, 0.6) is 0 Å². The van der Waals surface area contributed by atoms with E-state index in [-0.39, 0.29) is 0 Å². The minimum atomic E-state index is -0.846. The molecule has 0 aliphatic carbocycles. The molecule has 1 aliphatic rings. The smallest absolute Gasteiger partial charge is 0.325 e. The highest BCUT2D eigenvalue weighted by Gasteiger charge is 2.34. The number of hydrogen-bond acceptors (Lipinski definition) is 2. The fraction of sp³-hybridized carbons (Fsp3) is 0.278. The van der Waals surface area contributed by atoms with Crippen LogP contribution in [0, 0.1) is 0 Å². The van der Waals surface area contributed by atoms with Crippen LogP contribution >= 0.6 is 11.6 Å². The first-order valence-corrected chi connectivity index (χ1v) is 7.81. The van der Waals surface area contributed by atoms with Crippen molar-refractivity contribution in [1.29, 1.82) is 0 Å². The number of hydrogen-bond donors (Lipinski definition) is 1. The topological polar surface area (TPSA) is 40.5 Å². The Morgan fingerprint density at radius 2 is 1.82 bits per heavy atom. The summed E-state index contributed by atoms with van der Waals surface area (Å²) in [7, 11) is 0. The number of benzene rings is 2. The molecular weight excluding hydrogens is 298 g/mol. The lowest BCUT2D eigenvalue weighted by molar-refractivity contribution is -0.143. The first-order valence-electron chi connectivity index (χ1n) is 7.43. The molecule has 3 nitrogen and oxygen atoms in total. The van der Waals surface area contributed by atoms with Gasteiger partial charge < -0.3 is 5.11 Å². The molecule has 1 N–H and O–H groups in total. The van der Waals surface area contributed by atoms with E-state index in [0.29, 0.717) is 16.5 Å². The van der Waals surface area contributed by atoms with Crippen molar-refractivity contribution in [1.82, 2.24) is 4.90 Å². The minimum Gasteiger partial charge on any atom is -0.480 e. The molecule has 1 fully saturated rings. The van der Waals surface area contributed by atoms with Gasteiger partial charge in [-0.3, -0.25) is 9.69 Å². The van der Waals surface area contributed by atoms with Gasteiger partial charge in [-0.1, -0.05) is 60.1 Å². The molecule has 2 aromatic rings. The summed E-state index contributed by atoms with van der Waals surface area (Å²) in [5.74, 6) is -0.465. The first-order chi connectivity index (χ1) is 10.7. The Balaban J connectivity index is 1.83. The van der Waals surface area contributed by atoms with Gasteiger partial charge in [-0.05, 0) is 36.1 Å². The largest absolute Gasteiger partial charge is 0.480 e. The fourth-order valence-corrected chi connectivity index (χ4v) is 3.44. The summed E-state index contributed by atoms with van der Waals surface area (Å²) in [6, 6.07) is 16.8. The molecule has 1 aliphatic heterocycles. The standard InChI is InChI=1S/C18H18ClNO2/c19-16-9-5-4-8-15(16)17(18(21)22)20-11-10-14(12-20)13-6-2-1-3-7-13/h1-9,14,17H,10-12H2,(H,21,22). The van der Waals surface area contributed by atoms with Crippen LogP contribution in [0.4, 0.5) is 0 Å². The number of carboxylic acid groups (broad SMARTS) is 1. The lowest BCUT2D eigenvalue weighted by Crippen LogP contribution is -2.32. The second kappa shape index (κ2) is 6.51. The van der Waals surface area contributed by atoms with E-state index in [1.165, 1.54) is 5.56 Å². The van der Waals surface area contributed by atoms with Gasteiger partial charge in [-0.15, -0.1) is 0 Å². The van der Waals surface area contributed by atoms with Gasteiger partial charge >= 0.3 is 5.97 Å². The minimum absolute atomic E-state index is 0.380. The Morgan fingerprint density at radius 1 is 1.14 bits per heavy atom. The predicted molar refractivity (Wildman–Crippen MR) is 87.2 cm³/mol. The third-order valence-corrected chi connectivity index (χ3v) is 4.63. The number of aliphatic carboxylic acids is 1. The summed E-state index contributed by atoms with van der Waals surface area (Å²) in [6.07, 6.45) is 0.970. The number of nitrogens with zero attached hydrogens (tertiary/aromatic N) is 1. The van der Waals surface area contributed by atoms with Crippen LogP contribution in [-0.4, -0.2) is 29.1 Å². The van der Waals surface area contributed by atoms with Crippen LogP contribution in [0.3, 0.4) is 0 Å². The average Bonchev–Trinajstić information content (AvgIpc) is 2.99. The number of halogens is 1. The highest BCUT2D eigenvalue weighted by Crippen LogP contribution is 2.35. The molecule has 2 unspecified atom stereocenters. The molecule has 0 amide bonds. The molecule has 114 valence electrons. The highest BCUT2D eigenvalue weighted by molar-refractivity contribution is 6.31. The van der Waals surface area contributed by atoms with Gasteiger partial charge in [-0.2, -0.15) is 0 Å². The monoisotopic (exact) mass is 315 g/mol. The van der Waals surface area contributed by atoms with Gasteiger partial charge in [0.05, 0.1) is 0 Å². The van der Waals surface area contributed by atoms with Crippen molar-refractivity contribution in [2.24, 2.45) is 0 Å². The Morgan fingerprint density at radius 3 is 2.50 bits per heavy atom. The summed E-state index contributed by atoms with van der Waals surface area (Å²) in [5.41, 5.74) is 1.94. The molecule has 0 bridgehead atoms. The van der Waals surface area contributed by atoms with E-state index < -0.39 is 12.0 Å². The summed E-state index contributed by atoms with van der Waals surface area (Å²) >= 11 is 6.20. The Labute approximate surface area is 135 Å². The predicted octanol–water partition coefficient (Wildman–Crippen LogP) is 3.96. The average molecular weight is 316 g/mol. The third-order valence-electron chi connectivity index (χ3n) is 4.29. The molecule has 22 heavy (non-hydrogen) atoms. The molecule has 1 saturated heterocycles. The second-order valence-corrected chi connectivity index (χ2v) is 6.06. The molecule has 4 heteroatoms. The number of likely N-dealkylation sites (tertiary alicyclic amines) is 1. The lowest BCUT2D eigenvalue weighted by atomic mass is 9.98. The van der Waals surface area contributed by atoms with E-state index >= 15 is 0 Å². The van der Waals surface area contributed by atoms with Crippen LogP contribution in [0.2, 0.25) is 5.02 Å². The zero-order valence-corrected chi connectivity index (χ0v) is 12.9. The molecule has 2 atom stereocenters. The summed E-state index contributed by atoms with van der Waals surface area (Å²) < 4.78 is 0. The van der Waals surface area contributed by atoms with Crippen LogP contribution in [0.15, 0.2) is 54.6 Å². The molecule has 3 rings (SSSR count). The maximum absolute atomic E-state index is 11.8. The molecule has 0 saturated carbocycles. The Hall–Kier alpha value is -1.84. The van der Waals surface area contributed by atoms with Crippen molar-refractivity contribution >= 4 is 17.6 Å². The van der Waals surface area contributed by atoms with Crippen LogP contribution in [-0.2, 0) is 4.79 Å². The van der Waals surface area contributed by atoms with Crippen LogP contribution in [0.25, 0.3) is 0 Å². The zero-order chi connectivity index (χ0) is 15.5. The van der Waals surface area contributed by atoms with E-state index in [0.717, 1.165) is 19.5 Å². The maximum Gasteiger partial charge on any atom is 0.325 e. The van der Waals surface area contributed by atoms with Crippen molar-refractivity contribution in [3.05, 3.63) is 70.7 Å². The Kier molecular flexibility index (Phi) is 4.46. The highest BCUT2D eigenvalue weighted by atomic mass is 35.5. The van der Waals surface area contributed by atoms with Gasteiger partial charge in [0.2, 0.25) is 0 Å². The maximum atomic E-state index is 11.8. The van der Waals surface area contributed by atoms with E-state index in [1.54, 1.807) is 12.1 Å². The van der Waals surface area contributed by atoms with E-state index in [2.05, 4.69) is 12.1 Å². The third kappa shape index (κ3) is 3.01. The molecule has 2 aromatic carbocycles. The Bertz CT molecular complexity index is 659. The van der Waals surface area contributed by atoms with Gasteiger partial charge in [0.15, 0.2) is 0 Å². The second-order valence-electron chi connectivity index (χ2n) is 5.65. The van der Waals surface area contributed by atoms with Gasteiger partial charge in [0, 0.05) is 11.6 Å². The quantitative estimate of drug-likeness (QED) is 0.928. The molecule has 0 spiro atoms. The number of rotatable bonds is 4. The van der Waals surface area contributed by atoms with Gasteiger partial charge in [0.1, 0.15) is 6.04 Å². The normalized spacial score (nSPS) is 20.0. The van der Waals surface area contributed by atoms with E-state index in [4.69, 9.17) is 11.6 Å². The molecule has 1 heterocycles. The van der Waals surface area contributed by atoms with Gasteiger partial charge in [-0.25, -0.2) is 0 Å². The SMILES string of the molecule is O=C(O)C(c1ccccc1Cl)N1CCC(c2ccccc2)C1. The van der Waals surface area contributed by atoms with Crippen molar-refractivity contribution in [3.63, 3.8) is 0 Å². The number of carboxylic acids is 1. The first kappa shape index (κ1) is 15.1. The van der Waals surface area contributed by atoms with E-state index in [9.17, 15) is 9.90 Å². The fourth-order valence-electron chi connectivity index (χ4n) is 3.20. The van der Waals surface area contributed by atoms with Crippen molar-refractivity contribution < 1.29 is 9.90 Å². The van der Waals surface area contributed by atoms with Crippen LogP contribution in [0.1, 0.15) is 29.5 Å². The van der Waals surface area contributed by atoms with Gasteiger partial charge in [0.25, 0.3) is 0 Å².